The van der Waals surface area contributed by atoms with Gasteiger partial charge in [0.05, 0.1) is 15.9 Å². The summed E-state index contributed by atoms with van der Waals surface area (Å²) in [6, 6.07) is 12.0. The number of rotatable bonds is 7. The van der Waals surface area contributed by atoms with Crippen LogP contribution < -0.4 is 5.32 Å². The molecular formula is C19H20N2O5S. The first-order chi connectivity index (χ1) is 12.7. The van der Waals surface area contributed by atoms with Crippen molar-refractivity contribution >= 4 is 27.5 Å². The average Bonchev–Trinajstić information content (AvgIpc) is 2.64. The highest BCUT2D eigenvalue weighted by Gasteiger charge is 2.13. The highest BCUT2D eigenvalue weighted by Crippen LogP contribution is 2.19. The Morgan fingerprint density at radius 1 is 1.15 bits per heavy atom. The third-order valence-corrected chi connectivity index (χ3v) is 5.09. The Balaban J connectivity index is 2.05. The van der Waals surface area contributed by atoms with Crippen molar-refractivity contribution in [3.8, 4) is 0 Å². The van der Waals surface area contributed by atoms with Gasteiger partial charge in [0.1, 0.15) is 0 Å². The number of nitrogens with zero attached hydrogens (tertiary/aromatic N) is 1. The van der Waals surface area contributed by atoms with E-state index >= 15 is 0 Å². The number of hydrogen-bond acceptors (Lipinski definition) is 5. The van der Waals surface area contributed by atoms with Crippen molar-refractivity contribution in [3.63, 3.8) is 0 Å². The molecule has 2 aromatic carbocycles. The maximum atomic E-state index is 12.2. The molecule has 0 aliphatic heterocycles. The summed E-state index contributed by atoms with van der Waals surface area (Å²) in [6.45, 7) is 1.91. The molecule has 27 heavy (non-hydrogen) atoms. The van der Waals surface area contributed by atoms with E-state index in [0.717, 1.165) is 11.8 Å². The standard InChI is InChI=1S/C19H20N2O5S/c1-3-18(15-7-11-17(12-8-15)27(2,25)26)20-19(22)13-6-14-4-9-16(10-5-14)21(23)24/h4-13,18H,3H2,1-2H3,(H,20,22)/b13-6+/t18-/m0/s1. The Kier molecular flexibility index (Phi) is 6.46. The number of nitro benzene ring substituents is 1. The van der Waals surface area contributed by atoms with Gasteiger partial charge in [-0.3, -0.25) is 14.9 Å². The molecular weight excluding hydrogens is 368 g/mol. The van der Waals surface area contributed by atoms with E-state index in [0.29, 0.717) is 12.0 Å². The highest BCUT2D eigenvalue weighted by atomic mass is 32.2. The van der Waals surface area contributed by atoms with Gasteiger partial charge in [-0.05, 0) is 47.9 Å². The molecule has 0 saturated heterocycles. The van der Waals surface area contributed by atoms with Crippen LogP contribution in [-0.4, -0.2) is 25.5 Å². The van der Waals surface area contributed by atoms with Gasteiger partial charge in [-0.1, -0.05) is 19.1 Å². The topological polar surface area (TPSA) is 106 Å². The van der Waals surface area contributed by atoms with Crippen molar-refractivity contribution in [1.29, 1.82) is 0 Å². The van der Waals surface area contributed by atoms with Crippen molar-refractivity contribution < 1.29 is 18.1 Å². The van der Waals surface area contributed by atoms with E-state index in [9.17, 15) is 23.3 Å². The Labute approximate surface area is 157 Å². The molecule has 0 heterocycles. The smallest absolute Gasteiger partial charge is 0.269 e. The summed E-state index contributed by atoms with van der Waals surface area (Å²) < 4.78 is 23.0. The SMILES string of the molecule is CC[C@H](NC(=O)/C=C/c1ccc([N+](=O)[O-])cc1)c1ccc(S(C)(=O)=O)cc1. The molecule has 7 nitrogen and oxygen atoms in total. The van der Waals surface area contributed by atoms with Gasteiger partial charge in [0, 0.05) is 24.5 Å². The number of sulfone groups is 1. The van der Waals surface area contributed by atoms with Gasteiger partial charge in [0.2, 0.25) is 5.91 Å². The summed E-state index contributed by atoms with van der Waals surface area (Å²) in [7, 11) is -3.26. The molecule has 0 aliphatic rings. The number of amides is 1. The lowest BCUT2D eigenvalue weighted by atomic mass is 10.0. The Hall–Kier alpha value is -3.00. The highest BCUT2D eigenvalue weighted by molar-refractivity contribution is 7.90. The molecule has 0 aromatic heterocycles. The van der Waals surface area contributed by atoms with Crippen LogP contribution in [0.1, 0.15) is 30.5 Å². The number of nitrogens with one attached hydrogen (secondary N) is 1. The van der Waals surface area contributed by atoms with Crippen LogP contribution in [0.25, 0.3) is 6.08 Å². The van der Waals surface area contributed by atoms with E-state index in [-0.39, 0.29) is 22.5 Å². The molecule has 0 fully saturated rings. The third-order valence-electron chi connectivity index (χ3n) is 3.97. The van der Waals surface area contributed by atoms with Crippen LogP contribution in [-0.2, 0) is 14.6 Å². The predicted molar refractivity (Wildman–Crippen MR) is 103 cm³/mol. The molecule has 0 unspecified atom stereocenters. The van der Waals surface area contributed by atoms with E-state index in [1.807, 2.05) is 6.92 Å². The number of hydrogen-bond donors (Lipinski definition) is 1. The van der Waals surface area contributed by atoms with Crippen molar-refractivity contribution in [1.82, 2.24) is 5.32 Å². The molecule has 1 amide bonds. The fourth-order valence-electron chi connectivity index (χ4n) is 2.47. The lowest BCUT2D eigenvalue weighted by molar-refractivity contribution is -0.384. The van der Waals surface area contributed by atoms with E-state index < -0.39 is 14.8 Å². The normalized spacial score (nSPS) is 12.7. The molecule has 0 saturated carbocycles. The lowest BCUT2D eigenvalue weighted by Gasteiger charge is -2.16. The quantitative estimate of drug-likeness (QED) is 0.445. The third kappa shape index (κ3) is 5.75. The number of carbonyl (C=O) groups excluding carboxylic acids is 1. The number of carbonyl (C=O) groups is 1. The maximum absolute atomic E-state index is 12.2. The largest absolute Gasteiger partial charge is 0.346 e. The molecule has 1 atom stereocenters. The molecule has 0 bridgehead atoms. The monoisotopic (exact) mass is 388 g/mol. The van der Waals surface area contributed by atoms with Crippen LogP contribution in [0.5, 0.6) is 0 Å². The second-order valence-electron chi connectivity index (χ2n) is 5.99. The molecule has 0 radical (unpaired) electrons. The van der Waals surface area contributed by atoms with Crippen LogP contribution in [0.2, 0.25) is 0 Å². The van der Waals surface area contributed by atoms with Gasteiger partial charge in [0.15, 0.2) is 9.84 Å². The van der Waals surface area contributed by atoms with Gasteiger partial charge in [-0.25, -0.2) is 8.42 Å². The Morgan fingerprint density at radius 2 is 1.74 bits per heavy atom. The van der Waals surface area contributed by atoms with Gasteiger partial charge in [-0.2, -0.15) is 0 Å². The van der Waals surface area contributed by atoms with E-state index in [4.69, 9.17) is 0 Å². The maximum Gasteiger partial charge on any atom is 0.269 e. The van der Waals surface area contributed by atoms with Crippen molar-refractivity contribution in [2.45, 2.75) is 24.3 Å². The van der Waals surface area contributed by atoms with E-state index in [2.05, 4.69) is 5.32 Å². The fourth-order valence-corrected chi connectivity index (χ4v) is 3.10. The molecule has 1 N–H and O–H groups in total. The first-order valence-electron chi connectivity index (χ1n) is 8.23. The molecule has 0 aliphatic carbocycles. The van der Waals surface area contributed by atoms with Crippen molar-refractivity contribution in [2.24, 2.45) is 0 Å². The minimum Gasteiger partial charge on any atom is -0.346 e. The van der Waals surface area contributed by atoms with Crippen LogP contribution in [0.4, 0.5) is 5.69 Å². The Bertz CT molecular complexity index is 949. The second kappa shape index (κ2) is 8.59. The molecule has 8 heteroatoms. The number of benzene rings is 2. The van der Waals surface area contributed by atoms with Gasteiger partial charge < -0.3 is 5.32 Å². The minimum absolute atomic E-state index is 0.0137. The minimum atomic E-state index is -3.26. The molecule has 142 valence electrons. The summed E-state index contributed by atoms with van der Waals surface area (Å²) in [5.41, 5.74) is 1.46. The fraction of sp³-hybridized carbons (Fsp3) is 0.211. The zero-order chi connectivity index (χ0) is 20.0. The average molecular weight is 388 g/mol. The van der Waals surface area contributed by atoms with Crippen molar-refractivity contribution in [2.75, 3.05) is 6.26 Å². The number of non-ortho nitro benzene ring substituents is 1. The van der Waals surface area contributed by atoms with E-state index in [1.54, 1.807) is 30.3 Å². The first-order valence-corrected chi connectivity index (χ1v) is 10.1. The molecule has 2 rings (SSSR count). The van der Waals surface area contributed by atoms with E-state index in [1.165, 1.54) is 30.3 Å². The zero-order valence-electron chi connectivity index (χ0n) is 15.0. The van der Waals surface area contributed by atoms with Crippen molar-refractivity contribution in [3.05, 3.63) is 75.8 Å². The predicted octanol–water partition coefficient (Wildman–Crippen LogP) is 3.28. The van der Waals surface area contributed by atoms with Gasteiger partial charge in [-0.15, -0.1) is 0 Å². The van der Waals surface area contributed by atoms with Crippen LogP contribution in [0.15, 0.2) is 59.5 Å². The second-order valence-corrected chi connectivity index (χ2v) is 8.01. The summed E-state index contributed by atoms with van der Waals surface area (Å²) in [4.78, 5) is 22.5. The summed E-state index contributed by atoms with van der Waals surface area (Å²) in [6.07, 6.45) is 4.70. The Morgan fingerprint density at radius 3 is 2.22 bits per heavy atom. The first kappa shape index (κ1) is 20.3. The number of nitro groups is 1. The summed E-state index contributed by atoms with van der Waals surface area (Å²) in [5, 5.41) is 13.5. The van der Waals surface area contributed by atoms with Crippen LogP contribution in [0, 0.1) is 10.1 Å². The molecule has 0 spiro atoms. The lowest BCUT2D eigenvalue weighted by Crippen LogP contribution is -2.26. The molecule has 2 aromatic rings. The van der Waals surface area contributed by atoms with Crippen LogP contribution >= 0.6 is 0 Å². The summed E-state index contributed by atoms with van der Waals surface area (Å²) in [5.74, 6) is -0.313. The van der Waals surface area contributed by atoms with Gasteiger partial charge >= 0.3 is 0 Å². The van der Waals surface area contributed by atoms with Crippen LogP contribution in [0.3, 0.4) is 0 Å². The summed E-state index contributed by atoms with van der Waals surface area (Å²) >= 11 is 0. The van der Waals surface area contributed by atoms with Gasteiger partial charge in [0.25, 0.3) is 5.69 Å². The zero-order valence-corrected chi connectivity index (χ0v) is 15.8.